The van der Waals surface area contributed by atoms with Gasteiger partial charge in [-0.3, -0.25) is 10.4 Å². The Hall–Kier alpha value is -1.62. The van der Waals surface area contributed by atoms with E-state index in [2.05, 4.69) is 16.8 Å². The highest BCUT2D eigenvalue weighted by Crippen LogP contribution is 2.13. The van der Waals surface area contributed by atoms with Crippen LogP contribution in [0.4, 0.5) is 5.69 Å². The molecule has 1 aromatic rings. The number of hydrogen-bond donors (Lipinski definition) is 2. The second kappa shape index (κ2) is 6.85. The van der Waals surface area contributed by atoms with E-state index in [1.165, 1.54) is 0 Å². The zero-order valence-electron chi connectivity index (χ0n) is 10.4. The number of ether oxygens (including phenoxy) is 1. The Labute approximate surface area is 102 Å². The van der Waals surface area contributed by atoms with E-state index in [-0.39, 0.29) is 5.84 Å². The Kier molecular flexibility index (Phi) is 5.42. The van der Waals surface area contributed by atoms with Crippen LogP contribution in [-0.4, -0.2) is 37.1 Å². The van der Waals surface area contributed by atoms with Crippen LogP contribution in [0.1, 0.15) is 19.5 Å². The molecule has 94 valence electrons. The van der Waals surface area contributed by atoms with Crippen molar-refractivity contribution in [2.24, 2.45) is 5.73 Å². The number of aromatic nitrogens is 1. The summed E-state index contributed by atoms with van der Waals surface area (Å²) >= 11 is 0. The number of nitrogens with two attached hydrogens (primary N) is 1. The molecule has 0 aliphatic rings. The summed E-state index contributed by atoms with van der Waals surface area (Å²) in [6.45, 7) is 7.20. The molecule has 0 radical (unpaired) electrons. The van der Waals surface area contributed by atoms with Gasteiger partial charge in [-0.25, -0.2) is 0 Å². The summed E-state index contributed by atoms with van der Waals surface area (Å²) in [4.78, 5) is 6.22. The van der Waals surface area contributed by atoms with Crippen LogP contribution in [0.15, 0.2) is 18.3 Å². The van der Waals surface area contributed by atoms with Crippen molar-refractivity contribution in [2.45, 2.75) is 13.8 Å². The fourth-order valence-corrected chi connectivity index (χ4v) is 1.55. The van der Waals surface area contributed by atoms with Crippen molar-refractivity contribution in [2.75, 3.05) is 31.2 Å². The van der Waals surface area contributed by atoms with Gasteiger partial charge in [-0.15, -0.1) is 0 Å². The zero-order chi connectivity index (χ0) is 12.7. The molecule has 1 heterocycles. The van der Waals surface area contributed by atoms with Crippen LogP contribution in [-0.2, 0) is 4.74 Å². The van der Waals surface area contributed by atoms with Crippen molar-refractivity contribution in [3.63, 3.8) is 0 Å². The van der Waals surface area contributed by atoms with E-state index in [9.17, 15) is 0 Å². The molecule has 0 saturated heterocycles. The summed E-state index contributed by atoms with van der Waals surface area (Å²) in [5, 5.41) is 7.37. The van der Waals surface area contributed by atoms with E-state index in [4.69, 9.17) is 15.9 Å². The third-order valence-electron chi connectivity index (χ3n) is 2.48. The summed E-state index contributed by atoms with van der Waals surface area (Å²) in [5.74, 6) is -0.00675. The van der Waals surface area contributed by atoms with Crippen molar-refractivity contribution in [1.29, 1.82) is 5.41 Å². The average molecular weight is 236 g/mol. The van der Waals surface area contributed by atoms with Crippen LogP contribution in [0.5, 0.6) is 0 Å². The monoisotopic (exact) mass is 236 g/mol. The van der Waals surface area contributed by atoms with Gasteiger partial charge in [-0.05, 0) is 26.0 Å². The highest BCUT2D eigenvalue weighted by atomic mass is 16.5. The lowest BCUT2D eigenvalue weighted by atomic mass is 10.2. The van der Waals surface area contributed by atoms with Crippen molar-refractivity contribution >= 4 is 11.5 Å². The Morgan fingerprint density at radius 2 is 2.29 bits per heavy atom. The van der Waals surface area contributed by atoms with Crippen LogP contribution >= 0.6 is 0 Å². The molecule has 1 aromatic heterocycles. The first-order chi connectivity index (χ1) is 8.19. The molecule has 0 spiro atoms. The number of nitrogen functional groups attached to an aromatic ring is 1. The van der Waals surface area contributed by atoms with Gasteiger partial charge in [0.05, 0.1) is 6.61 Å². The largest absolute Gasteiger partial charge is 0.382 e. The van der Waals surface area contributed by atoms with Crippen molar-refractivity contribution in [3.8, 4) is 0 Å². The number of pyridine rings is 1. The lowest BCUT2D eigenvalue weighted by Gasteiger charge is -2.23. The predicted molar refractivity (Wildman–Crippen MR) is 69.6 cm³/mol. The van der Waals surface area contributed by atoms with Gasteiger partial charge in [-0.2, -0.15) is 0 Å². The Bertz CT molecular complexity index is 367. The van der Waals surface area contributed by atoms with Crippen LogP contribution in [0.2, 0.25) is 0 Å². The molecule has 0 atom stereocenters. The molecule has 17 heavy (non-hydrogen) atoms. The van der Waals surface area contributed by atoms with Crippen molar-refractivity contribution in [1.82, 2.24) is 4.98 Å². The van der Waals surface area contributed by atoms with Gasteiger partial charge in [0.1, 0.15) is 11.5 Å². The van der Waals surface area contributed by atoms with Crippen molar-refractivity contribution < 1.29 is 4.74 Å². The van der Waals surface area contributed by atoms with Gasteiger partial charge in [0.15, 0.2) is 0 Å². The number of amidine groups is 1. The van der Waals surface area contributed by atoms with Gasteiger partial charge >= 0.3 is 0 Å². The first-order valence-electron chi connectivity index (χ1n) is 5.82. The predicted octanol–water partition coefficient (Wildman–Crippen LogP) is 1.23. The van der Waals surface area contributed by atoms with Gasteiger partial charge in [-0.1, -0.05) is 0 Å². The van der Waals surface area contributed by atoms with Crippen LogP contribution in [0.25, 0.3) is 0 Å². The third-order valence-corrected chi connectivity index (χ3v) is 2.48. The Morgan fingerprint density at radius 1 is 1.53 bits per heavy atom. The number of anilines is 1. The molecule has 5 heteroatoms. The minimum absolute atomic E-state index is 0.00675. The number of hydrogen-bond acceptors (Lipinski definition) is 4. The second-order valence-corrected chi connectivity index (χ2v) is 3.59. The van der Waals surface area contributed by atoms with E-state index < -0.39 is 0 Å². The highest BCUT2D eigenvalue weighted by Gasteiger charge is 2.06. The molecule has 0 aliphatic carbocycles. The van der Waals surface area contributed by atoms with E-state index in [0.29, 0.717) is 12.3 Å². The Morgan fingerprint density at radius 3 is 2.88 bits per heavy atom. The van der Waals surface area contributed by atoms with Crippen LogP contribution < -0.4 is 10.6 Å². The molecule has 1 rings (SSSR count). The quantitative estimate of drug-likeness (QED) is 0.424. The van der Waals surface area contributed by atoms with Crippen LogP contribution in [0.3, 0.4) is 0 Å². The number of likely N-dealkylation sites (N-methyl/N-ethyl adjacent to an activating group) is 1. The maximum atomic E-state index is 7.37. The van der Waals surface area contributed by atoms with Gasteiger partial charge in [0.2, 0.25) is 0 Å². The van der Waals surface area contributed by atoms with E-state index >= 15 is 0 Å². The van der Waals surface area contributed by atoms with E-state index in [1.807, 2.05) is 19.1 Å². The molecule has 0 aromatic carbocycles. The maximum absolute atomic E-state index is 7.37. The lowest BCUT2D eigenvalue weighted by molar-refractivity contribution is 0.154. The van der Waals surface area contributed by atoms with E-state index in [0.717, 1.165) is 25.4 Å². The minimum atomic E-state index is -0.00675. The highest BCUT2D eigenvalue weighted by molar-refractivity contribution is 5.93. The third kappa shape index (κ3) is 4.03. The fourth-order valence-electron chi connectivity index (χ4n) is 1.55. The first-order valence-corrected chi connectivity index (χ1v) is 5.82. The normalized spacial score (nSPS) is 10.2. The number of nitrogens with one attached hydrogen (secondary N) is 1. The molecule has 0 unspecified atom stereocenters. The minimum Gasteiger partial charge on any atom is -0.382 e. The summed E-state index contributed by atoms with van der Waals surface area (Å²) < 4.78 is 5.34. The molecule has 0 aliphatic heterocycles. The maximum Gasteiger partial charge on any atom is 0.141 e. The summed E-state index contributed by atoms with van der Waals surface area (Å²) in [6.07, 6.45) is 1.68. The van der Waals surface area contributed by atoms with Crippen LogP contribution in [0, 0.1) is 5.41 Å². The molecule has 0 amide bonds. The first kappa shape index (κ1) is 13.4. The lowest BCUT2D eigenvalue weighted by Crippen LogP contribution is -2.27. The van der Waals surface area contributed by atoms with Gasteiger partial charge in [0, 0.05) is 31.6 Å². The average Bonchev–Trinajstić information content (AvgIpc) is 2.35. The molecule has 5 nitrogen and oxygen atoms in total. The SMILES string of the molecule is CCOCCN(CC)c1ccnc(C(=N)N)c1. The zero-order valence-corrected chi connectivity index (χ0v) is 10.4. The van der Waals surface area contributed by atoms with Crippen molar-refractivity contribution in [3.05, 3.63) is 24.0 Å². The smallest absolute Gasteiger partial charge is 0.141 e. The van der Waals surface area contributed by atoms with Gasteiger partial charge in [0.25, 0.3) is 0 Å². The molecular formula is C12H20N4O. The topological polar surface area (TPSA) is 75.2 Å². The Balaban J connectivity index is 2.73. The fraction of sp³-hybridized carbons (Fsp3) is 0.500. The molecular weight excluding hydrogens is 216 g/mol. The standard InChI is InChI=1S/C12H20N4O/c1-3-16(7-8-17-4-2)10-5-6-15-11(9-10)12(13)14/h5-6,9H,3-4,7-8H2,1-2H3,(H3,13,14). The van der Waals surface area contributed by atoms with Gasteiger partial charge < -0.3 is 15.4 Å². The van der Waals surface area contributed by atoms with E-state index in [1.54, 1.807) is 6.20 Å². The second-order valence-electron chi connectivity index (χ2n) is 3.59. The number of rotatable bonds is 7. The summed E-state index contributed by atoms with van der Waals surface area (Å²) in [6, 6.07) is 3.75. The molecule has 3 N–H and O–H groups in total. The summed E-state index contributed by atoms with van der Waals surface area (Å²) in [5.41, 5.74) is 6.96. The molecule has 0 bridgehead atoms. The number of nitrogens with zero attached hydrogens (tertiary/aromatic N) is 2. The molecule has 0 saturated carbocycles. The molecule has 0 fully saturated rings. The summed E-state index contributed by atoms with van der Waals surface area (Å²) in [7, 11) is 0.